The standard InChI is InChI=1S/C35H38N2O6/c1-37-13-11-24-18-34(42-3)32(40)20-27(24)29(37)15-22-6-9-30(38)35(16-22)43-25-7-4-21(5-8-25)14-28-26-19-31(39)33(41-2)17-23(26)10-12-36-28/h4-9,16-20,28-29,36,38-40H,10-15H2,1-3H3. The van der Waals surface area contributed by atoms with Gasteiger partial charge in [-0.25, -0.2) is 0 Å². The number of methoxy groups -OCH3 is 2. The van der Waals surface area contributed by atoms with Gasteiger partial charge in [-0.3, -0.25) is 4.90 Å². The Kier molecular flexibility index (Phi) is 8.06. The third-order valence-corrected chi connectivity index (χ3v) is 8.71. The summed E-state index contributed by atoms with van der Waals surface area (Å²) in [5.41, 5.74) is 6.69. The van der Waals surface area contributed by atoms with Gasteiger partial charge in [-0.15, -0.1) is 0 Å². The molecule has 2 aliphatic heterocycles. The highest BCUT2D eigenvalue weighted by molar-refractivity contribution is 5.51. The van der Waals surface area contributed by atoms with Crippen LogP contribution in [0.5, 0.6) is 40.2 Å². The van der Waals surface area contributed by atoms with Crippen molar-refractivity contribution in [3.8, 4) is 40.2 Å². The Hall–Kier alpha value is -4.40. The zero-order valence-corrected chi connectivity index (χ0v) is 24.8. The second kappa shape index (κ2) is 12.1. The molecular formula is C35H38N2O6. The number of hydrogen-bond acceptors (Lipinski definition) is 8. The topological polar surface area (TPSA) is 104 Å². The molecule has 0 spiro atoms. The molecule has 0 aromatic heterocycles. The lowest BCUT2D eigenvalue weighted by molar-refractivity contribution is 0.228. The Morgan fingerprint density at radius 2 is 1.37 bits per heavy atom. The van der Waals surface area contributed by atoms with Crippen molar-refractivity contribution < 1.29 is 29.5 Å². The highest BCUT2D eigenvalue weighted by atomic mass is 16.5. The van der Waals surface area contributed by atoms with E-state index >= 15 is 0 Å². The first-order valence-corrected chi connectivity index (χ1v) is 14.6. The number of hydrogen-bond donors (Lipinski definition) is 4. The molecule has 224 valence electrons. The van der Waals surface area contributed by atoms with Gasteiger partial charge in [-0.2, -0.15) is 0 Å². The van der Waals surface area contributed by atoms with Crippen LogP contribution in [0.4, 0.5) is 0 Å². The number of nitrogens with one attached hydrogen (secondary N) is 1. The molecule has 0 fully saturated rings. The van der Waals surface area contributed by atoms with Crippen LogP contribution in [0.1, 0.15) is 45.5 Å². The van der Waals surface area contributed by atoms with Crippen molar-refractivity contribution in [3.05, 3.63) is 100 Å². The second-order valence-corrected chi connectivity index (χ2v) is 11.4. The number of phenolic OH excluding ortho intramolecular Hbond substituents is 3. The van der Waals surface area contributed by atoms with Gasteiger partial charge in [-0.05, 0) is 121 Å². The van der Waals surface area contributed by atoms with E-state index < -0.39 is 0 Å². The van der Waals surface area contributed by atoms with Crippen molar-refractivity contribution in [2.24, 2.45) is 0 Å². The average molecular weight is 583 g/mol. The van der Waals surface area contributed by atoms with Crippen LogP contribution in [0.3, 0.4) is 0 Å². The lowest BCUT2D eigenvalue weighted by atomic mass is 9.88. The Labute approximate surface area is 252 Å². The molecule has 0 aliphatic carbocycles. The summed E-state index contributed by atoms with van der Waals surface area (Å²) in [6, 6.07) is 21.0. The number of fused-ring (bicyclic) bond motifs is 2. The van der Waals surface area contributed by atoms with Crippen LogP contribution in [0.15, 0.2) is 66.7 Å². The van der Waals surface area contributed by atoms with Gasteiger partial charge in [0.1, 0.15) is 5.75 Å². The summed E-state index contributed by atoms with van der Waals surface area (Å²) in [5.74, 6) is 2.39. The van der Waals surface area contributed by atoms with E-state index in [-0.39, 0.29) is 29.3 Å². The van der Waals surface area contributed by atoms with Crippen molar-refractivity contribution in [1.29, 1.82) is 0 Å². The van der Waals surface area contributed by atoms with Crippen molar-refractivity contribution in [1.82, 2.24) is 10.2 Å². The van der Waals surface area contributed by atoms with Crippen LogP contribution >= 0.6 is 0 Å². The molecule has 43 heavy (non-hydrogen) atoms. The van der Waals surface area contributed by atoms with E-state index in [1.807, 2.05) is 60.7 Å². The maximum atomic E-state index is 10.6. The Balaban J connectivity index is 1.16. The quantitative estimate of drug-likeness (QED) is 0.206. The van der Waals surface area contributed by atoms with E-state index in [4.69, 9.17) is 14.2 Å². The molecule has 2 unspecified atom stereocenters. The molecule has 4 aromatic rings. The van der Waals surface area contributed by atoms with Crippen molar-refractivity contribution in [2.45, 2.75) is 37.8 Å². The summed E-state index contributed by atoms with van der Waals surface area (Å²) in [5, 5.41) is 35.0. The number of ether oxygens (including phenoxy) is 3. The molecule has 0 saturated heterocycles. The Morgan fingerprint density at radius 1 is 0.721 bits per heavy atom. The Bertz CT molecular complexity index is 1620. The maximum Gasteiger partial charge on any atom is 0.169 e. The van der Waals surface area contributed by atoms with Gasteiger partial charge in [0.25, 0.3) is 0 Å². The van der Waals surface area contributed by atoms with Crippen molar-refractivity contribution in [2.75, 3.05) is 34.4 Å². The molecule has 2 heterocycles. The number of benzene rings is 4. The fourth-order valence-electron chi connectivity index (χ4n) is 6.32. The Morgan fingerprint density at radius 3 is 2.07 bits per heavy atom. The second-order valence-electron chi connectivity index (χ2n) is 11.4. The van der Waals surface area contributed by atoms with Crippen LogP contribution in [0, 0.1) is 0 Å². The molecule has 8 nitrogen and oxygen atoms in total. The third-order valence-electron chi connectivity index (χ3n) is 8.71. The first-order valence-electron chi connectivity index (χ1n) is 14.6. The number of rotatable bonds is 8. The first kappa shape index (κ1) is 28.7. The van der Waals surface area contributed by atoms with Gasteiger partial charge in [0.15, 0.2) is 34.5 Å². The van der Waals surface area contributed by atoms with E-state index in [9.17, 15) is 15.3 Å². The lowest BCUT2D eigenvalue weighted by Gasteiger charge is -2.35. The molecule has 6 rings (SSSR count). The molecule has 4 aromatic carbocycles. The molecule has 2 aliphatic rings. The third kappa shape index (κ3) is 5.94. The molecule has 2 atom stereocenters. The van der Waals surface area contributed by atoms with Crippen LogP contribution in [0.2, 0.25) is 0 Å². The van der Waals surface area contributed by atoms with E-state index in [2.05, 4.69) is 17.3 Å². The number of likely N-dealkylation sites (N-methyl/N-ethyl adjacent to an activating group) is 1. The zero-order valence-electron chi connectivity index (χ0n) is 24.8. The van der Waals surface area contributed by atoms with Gasteiger partial charge in [-0.1, -0.05) is 18.2 Å². The van der Waals surface area contributed by atoms with Crippen LogP contribution in [-0.2, 0) is 25.7 Å². The maximum absolute atomic E-state index is 10.6. The predicted molar refractivity (Wildman–Crippen MR) is 165 cm³/mol. The molecule has 8 heteroatoms. The summed E-state index contributed by atoms with van der Waals surface area (Å²) < 4.78 is 16.8. The zero-order chi connectivity index (χ0) is 30.1. The minimum atomic E-state index is 0.0683. The SMILES string of the molecule is COc1cc2c(cc1O)C(Cc1ccc(Oc3cc(CC4c5cc(O)c(OC)cc5CCN4C)ccc3O)cc1)NCC2. The van der Waals surface area contributed by atoms with Gasteiger partial charge < -0.3 is 34.8 Å². The van der Waals surface area contributed by atoms with E-state index in [1.54, 1.807) is 20.3 Å². The molecular weight excluding hydrogens is 544 g/mol. The summed E-state index contributed by atoms with van der Waals surface area (Å²) in [6.07, 6.45) is 3.23. The van der Waals surface area contributed by atoms with Crippen molar-refractivity contribution in [3.63, 3.8) is 0 Å². The normalized spacial score (nSPS) is 18.0. The fraction of sp³-hybridized carbons (Fsp3) is 0.314. The molecule has 4 N–H and O–H groups in total. The monoisotopic (exact) mass is 582 g/mol. The van der Waals surface area contributed by atoms with Crippen LogP contribution in [-0.4, -0.2) is 54.6 Å². The van der Waals surface area contributed by atoms with E-state index in [0.29, 0.717) is 29.4 Å². The molecule has 0 bridgehead atoms. The largest absolute Gasteiger partial charge is 0.504 e. The number of nitrogens with zero attached hydrogens (tertiary/aromatic N) is 1. The average Bonchev–Trinajstić information content (AvgIpc) is 3.01. The van der Waals surface area contributed by atoms with Crippen LogP contribution in [0.25, 0.3) is 0 Å². The van der Waals surface area contributed by atoms with Gasteiger partial charge in [0.2, 0.25) is 0 Å². The minimum absolute atomic E-state index is 0.0683. The summed E-state index contributed by atoms with van der Waals surface area (Å²) in [7, 11) is 5.23. The smallest absolute Gasteiger partial charge is 0.169 e. The van der Waals surface area contributed by atoms with Crippen molar-refractivity contribution >= 4 is 0 Å². The molecule has 0 amide bonds. The van der Waals surface area contributed by atoms with Gasteiger partial charge in [0.05, 0.1) is 14.2 Å². The number of aromatic hydroxyl groups is 3. The summed E-state index contributed by atoms with van der Waals surface area (Å²) >= 11 is 0. The van der Waals surface area contributed by atoms with Gasteiger partial charge >= 0.3 is 0 Å². The fourth-order valence-corrected chi connectivity index (χ4v) is 6.32. The van der Waals surface area contributed by atoms with Gasteiger partial charge in [0, 0.05) is 18.6 Å². The van der Waals surface area contributed by atoms with E-state index in [1.165, 1.54) is 11.1 Å². The number of phenols is 3. The summed E-state index contributed by atoms with van der Waals surface area (Å²) in [6.45, 7) is 1.76. The van der Waals surface area contributed by atoms with Crippen LogP contribution < -0.4 is 19.5 Å². The summed E-state index contributed by atoms with van der Waals surface area (Å²) in [4.78, 5) is 2.29. The first-order chi connectivity index (χ1) is 20.8. The minimum Gasteiger partial charge on any atom is -0.504 e. The molecule has 0 saturated carbocycles. The molecule has 0 radical (unpaired) electrons. The predicted octanol–water partition coefficient (Wildman–Crippen LogP) is 5.81. The van der Waals surface area contributed by atoms with E-state index in [0.717, 1.165) is 54.6 Å². The lowest BCUT2D eigenvalue weighted by Crippen LogP contribution is -2.33. The highest BCUT2D eigenvalue weighted by Gasteiger charge is 2.27. The highest BCUT2D eigenvalue weighted by Crippen LogP contribution is 2.40.